The minimum absolute atomic E-state index is 0.0826. The van der Waals surface area contributed by atoms with E-state index in [1.54, 1.807) is 21.3 Å². The van der Waals surface area contributed by atoms with E-state index in [4.69, 9.17) is 9.47 Å². The van der Waals surface area contributed by atoms with Crippen LogP contribution < -0.4 is 14.8 Å². The Hall–Kier alpha value is -2.09. The van der Waals surface area contributed by atoms with E-state index in [-0.39, 0.29) is 11.8 Å². The lowest BCUT2D eigenvalue weighted by molar-refractivity contribution is -0.130. The second kappa shape index (κ2) is 8.14. The molecule has 1 N–H and O–H groups in total. The van der Waals surface area contributed by atoms with E-state index >= 15 is 0 Å². The van der Waals surface area contributed by atoms with Crippen molar-refractivity contribution < 1.29 is 19.1 Å². The third-order valence-electron chi connectivity index (χ3n) is 3.70. The van der Waals surface area contributed by atoms with Gasteiger partial charge in [0, 0.05) is 30.9 Å². The predicted octanol–water partition coefficient (Wildman–Crippen LogP) is 1.73. The van der Waals surface area contributed by atoms with Gasteiger partial charge in [0.1, 0.15) is 5.71 Å². The zero-order valence-electron chi connectivity index (χ0n) is 13.9. The highest BCUT2D eigenvalue weighted by atomic mass is 79.9. The van der Waals surface area contributed by atoms with Crippen molar-refractivity contribution in [3.63, 3.8) is 0 Å². The Kier molecular flexibility index (Phi) is 6.19. The van der Waals surface area contributed by atoms with Crippen LogP contribution in [-0.2, 0) is 16.0 Å². The number of nitrogens with one attached hydrogen (secondary N) is 1. The average molecular weight is 398 g/mol. The van der Waals surface area contributed by atoms with Gasteiger partial charge in [-0.15, -0.1) is 0 Å². The second-order valence-corrected chi connectivity index (χ2v) is 6.12. The summed E-state index contributed by atoms with van der Waals surface area (Å²) in [5.41, 5.74) is 1.37. The van der Waals surface area contributed by atoms with Crippen molar-refractivity contribution >= 4 is 33.5 Å². The average Bonchev–Trinajstić information content (AvgIpc) is 2.58. The molecule has 0 aromatic heterocycles. The highest BCUT2D eigenvalue weighted by Gasteiger charge is 2.21. The number of rotatable bonds is 6. The van der Waals surface area contributed by atoms with E-state index in [2.05, 4.69) is 26.3 Å². The molecule has 0 spiro atoms. The van der Waals surface area contributed by atoms with Crippen LogP contribution in [0.2, 0.25) is 0 Å². The number of methoxy groups -OCH3 is 2. The molecule has 1 aromatic rings. The predicted molar refractivity (Wildman–Crippen MR) is 93.4 cm³/mol. The minimum atomic E-state index is -0.244. The molecule has 0 fully saturated rings. The van der Waals surface area contributed by atoms with E-state index in [9.17, 15) is 9.59 Å². The van der Waals surface area contributed by atoms with Gasteiger partial charge in [-0.05, 0) is 24.1 Å². The van der Waals surface area contributed by atoms with Gasteiger partial charge in [-0.2, -0.15) is 5.10 Å². The molecule has 0 aliphatic carbocycles. The lowest BCUT2D eigenvalue weighted by Gasteiger charge is -2.19. The fourth-order valence-corrected chi connectivity index (χ4v) is 2.85. The molecular formula is C16H20BrN3O4. The van der Waals surface area contributed by atoms with Crippen molar-refractivity contribution in [2.24, 2.45) is 5.10 Å². The molecule has 0 saturated carbocycles. The summed E-state index contributed by atoms with van der Waals surface area (Å²) in [4.78, 5) is 23.5. The van der Waals surface area contributed by atoms with Gasteiger partial charge in [-0.1, -0.05) is 15.9 Å². The number of carbonyl (C=O) groups is 2. The number of ether oxygens (including phenoxy) is 2. The molecule has 0 bridgehead atoms. The van der Waals surface area contributed by atoms with Gasteiger partial charge in [0.25, 0.3) is 5.91 Å². The summed E-state index contributed by atoms with van der Waals surface area (Å²) in [6, 6.07) is 3.71. The minimum Gasteiger partial charge on any atom is -0.493 e. The lowest BCUT2D eigenvalue weighted by Crippen LogP contribution is -2.38. The van der Waals surface area contributed by atoms with E-state index in [0.29, 0.717) is 43.0 Å². The van der Waals surface area contributed by atoms with Gasteiger partial charge in [0.05, 0.1) is 14.2 Å². The molecule has 1 aliphatic heterocycles. The van der Waals surface area contributed by atoms with Crippen LogP contribution in [0, 0.1) is 0 Å². The fourth-order valence-electron chi connectivity index (χ4n) is 2.33. The monoisotopic (exact) mass is 397 g/mol. The SMILES string of the molecule is COc1cc(Br)c(CCNC(=O)C2=NN(C)C(=O)CC2)cc1OC. The molecule has 0 atom stereocenters. The summed E-state index contributed by atoms with van der Waals surface area (Å²) < 4.78 is 11.4. The molecule has 130 valence electrons. The Morgan fingerprint density at radius 1 is 1.29 bits per heavy atom. The fraction of sp³-hybridized carbons (Fsp3) is 0.438. The topological polar surface area (TPSA) is 80.2 Å². The number of carbonyl (C=O) groups excluding carboxylic acids is 2. The zero-order valence-corrected chi connectivity index (χ0v) is 15.5. The second-order valence-electron chi connectivity index (χ2n) is 5.27. The Labute approximate surface area is 149 Å². The summed E-state index contributed by atoms with van der Waals surface area (Å²) in [6.07, 6.45) is 1.30. The summed E-state index contributed by atoms with van der Waals surface area (Å²) in [5, 5.41) is 8.04. The lowest BCUT2D eigenvalue weighted by atomic mass is 10.1. The number of hydrazone groups is 1. The maximum absolute atomic E-state index is 12.1. The van der Waals surface area contributed by atoms with Crippen LogP contribution in [0.15, 0.2) is 21.7 Å². The number of nitrogens with zero attached hydrogens (tertiary/aromatic N) is 2. The molecule has 8 heteroatoms. The Morgan fingerprint density at radius 3 is 2.58 bits per heavy atom. The van der Waals surface area contributed by atoms with Crippen LogP contribution in [0.25, 0.3) is 0 Å². The van der Waals surface area contributed by atoms with Crippen molar-refractivity contribution in [3.05, 3.63) is 22.2 Å². The van der Waals surface area contributed by atoms with Crippen LogP contribution in [0.3, 0.4) is 0 Å². The van der Waals surface area contributed by atoms with Crippen molar-refractivity contribution in [2.45, 2.75) is 19.3 Å². The Morgan fingerprint density at radius 2 is 1.96 bits per heavy atom. The largest absolute Gasteiger partial charge is 0.493 e. The van der Waals surface area contributed by atoms with E-state index < -0.39 is 0 Å². The van der Waals surface area contributed by atoms with Crippen molar-refractivity contribution in [1.82, 2.24) is 10.3 Å². The van der Waals surface area contributed by atoms with E-state index in [1.165, 1.54) is 5.01 Å². The highest BCUT2D eigenvalue weighted by Crippen LogP contribution is 2.33. The molecule has 1 heterocycles. The maximum atomic E-state index is 12.1. The van der Waals surface area contributed by atoms with Crippen molar-refractivity contribution in [2.75, 3.05) is 27.8 Å². The molecule has 24 heavy (non-hydrogen) atoms. The first-order chi connectivity index (χ1) is 11.5. The molecule has 0 radical (unpaired) electrons. The molecule has 0 saturated heterocycles. The number of halogens is 1. The van der Waals surface area contributed by atoms with Gasteiger partial charge in [0.15, 0.2) is 11.5 Å². The summed E-state index contributed by atoms with van der Waals surface area (Å²) in [6.45, 7) is 0.448. The Balaban J connectivity index is 1.96. The first-order valence-corrected chi connectivity index (χ1v) is 8.28. The standard InChI is InChI=1S/C16H20BrN3O4/c1-20-15(21)5-4-12(19-20)16(22)18-7-6-10-8-13(23-2)14(24-3)9-11(10)17/h8-9H,4-7H2,1-3H3,(H,18,22). The maximum Gasteiger partial charge on any atom is 0.267 e. The summed E-state index contributed by atoms with van der Waals surface area (Å²) >= 11 is 3.49. The highest BCUT2D eigenvalue weighted by molar-refractivity contribution is 9.10. The smallest absolute Gasteiger partial charge is 0.267 e. The number of benzene rings is 1. The van der Waals surface area contributed by atoms with Crippen LogP contribution in [0.5, 0.6) is 11.5 Å². The quantitative estimate of drug-likeness (QED) is 0.792. The third kappa shape index (κ3) is 4.25. The van der Waals surface area contributed by atoms with E-state index in [1.807, 2.05) is 12.1 Å². The van der Waals surface area contributed by atoms with Gasteiger partial charge in [-0.3, -0.25) is 9.59 Å². The number of amides is 2. The first kappa shape index (κ1) is 18.3. The molecule has 1 aliphatic rings. The molecule has 2 rings (SSSR count). The normalized spacial score (nSPS) is 14.2. The molecular weight excluding hydrogens is 378 g/mol. The van der Waals surface area contributed by atoms with Gasteiger partial charge in [0.2, 0.25) is 5.91 Å². The van der Waals surface area contributed by atoms with Gasteiger partial charge >= 0.3 is 0 Å². The Bertz CT molecular complexity index is 676. The molecule has 7 nitrogen and oxygen atoms in total. The third-order valence-corrected chi connectivity index (χ3v) is 4.44. The molecule has 1 aromatic carbocycles. The van der Waals surface area contributed by atoms with Crippen LogP contribution in [0.4, 0.5) is 0 Å². The van der Waals surface area contributed by atoms with Gasteiger partial charge < -0.3 is 14.8 Å². The molecule has 0 unspecified atom stereocenters. The van der Waals surface area contributed by atoms with Gasteiger partial charge in [-0.25, -0.2) is 5.01 Å². The van der Waals surface area contributed by atoms with Crippen molar-refractivity contribution in [1.29, 1.82) is 0 Å². The molecule has 2 amide bonds. The number of hydrogen-bond acceptors (Lipinski definition) is 5. The summed E-state index contributed by atoms with van der Waals surface area (Å²) in [5.74, 6) is 0.951. The van der Waals surface area contributed by atoms with E-state index in [0.717, 1.165) is 10.0 Å². The number of hydrogen-bond donors (Lipinski definition) is 1. The van der Waals surface area contributed by atoms with Crippen LogP contribution in [-0.4, -0.2) is 50.3 Å². The summed E-state index contributed by atoms with van der Waals surface area (Å²) in [7, 11) is 4.71. The first-order valence-electron chi connectivity index (χ1n) is 7.49. The van der Waals surface area contributed by atoms with Crippen LogP contribution in [0.1, 0.15) is 18.4 Å². The zero-order chi connectivity index (χ0) is 17.7. The van der Waals surface area contributed by atoms with Crippen molar-refractivity contribution in [3.8, 4) is 11.5 Å². The van der Waals surface area contributed by atoms with Crippen LogP contribution >= 0.6 is 15.9 Å².